The molecule has 1 saturated carbocycles. The first-order chi connectivity index (χ1) is 12.6. The fourth-order valence-corrected chi connectivity index (χ4v) is 4.82. The quantitative estimate of drug-likeness (QED) is 0.904. The molecule has 1 aromatic rings. The van der Waals surface area contributed by atoms with Gasteiger partial charge in [0.05, 0.1) is 0 Å². The molecule has 1 aliphatic carbocycles. The Labute approximate surface area is 155 Å². The first-order valence-corrected chi connectivity index (χ1v) is 9.92. The molecular formula is C21H29N3O2. The number of amides is 2. The standard InChI is InChI=1S/C21H29N3O2/c1-23(20(26)18-15-21(18)9-11-22-12-10-21)17-7-13-24(14-8-17)19(25)16-5-3-2-4-6-16/h2-6,17-18,22H,7-15H2,1H3. The molecule has 4 rings (SSSR count). The Morgan fingerprint density at radius 1 is 1.12 bits per heavy atom. The van der Waals surface area contributed by atoms with Crippen LogP contribution in [-0.2, 0) is 4.79 Å². The lowest BCUT2D eigenvalue weighted by Gasteiger charge is -2.37. The Hall–Kier alpha value is -1.88. The van der Waals surface area contributed by atoms with Crippen LogP contribution in [0, 0.1) is 11.3 Å². The maximum absolute atomic E-state index is 12.9. The number of carbonyl (C=O) groups excluding carboxylic acids is 2. The van der Waals surface area contributed by atoms with Crippen molar-refractivity contribution >= 4 is 11.8 Å². The molecule has 2 aliphatic heterocycles. The highest BCUT2D eigenvalue weighted by Gasteiger charge is 2.58. The van der Waals surface area contributed by atoms with Crippen molar-refractivity contribution in [3.8, 4) is 0 Å². The van der Waals surface area contributed by atoms with Crippen LogP contribution in [-0.4, -0.2) is 60.9 Å². The monoisotopic (exact) mass is 355 g/mol. The summed E-state index contributed by atoms with van der Waals surface area (Å²) in [7, 11) is 1.97. The number of hydrogen-bond donors (Lipinski definition) is 1. The average molecular weight is 355 g/mol. The molecule has 1 aromatic carbocycles. The molecule has 1 N–H and O–H groups in total. The highest BCUT2D eigenvalue weighted by atomic mass is 16.2. The minimum Gasteiger partial charge on any atom is -0.342 e. The number of likely N-dealkylation sites (tertiary alicyclic amines) is 1. The van der Waals surface area contributed by atoms with Crippen LogP contribution in [0.4, 0.5) is 0 Å². The normalized spacial score (nSPS) is 25.1. The minimum absolute atomic E-state index is 0.105. The number of hydrogen-bond acceptors (Lipinski definition) is 3. The molecule has 1 unspecified atom stereocenters. The molecular weight excluding hydrogens is 326 g/mol. The van der Waals surface area contributed by atoms with Gasteiger partial charge in [0.1, 0.15) is 0 Å². The van der Waals surface area contributed by atoms with Crippen molar-refractivity contribution in [2.24, 2.45) is 11.3 Å². The number of benzene rings is 1. The average Bonchev–Trinajstić information content (AvgIpc) is 3.40. The summed E-state index contributed by atoms with van der Waals surface area (Å²) in [6.07, 6.45) is 5.11. The molecule has 2 amide bonds. The number of nitrogens with one attached hydrogen (secondary N) is 1. The molecule has 0 aromatic heterocycles. The SMILES string of the molecule is CN(C(=O)C1CC12CCNCC2)C1CCN(C(=O)c2ccccc2)CC1. The first-order valence-electron chi connectivity index (χ1n) is 9.92. The lowest BCUT2D eigenvalue weighted by molar-refractivity contribution is -0.135. The number of rotatable bonds is 3. The van der Waals surface area contributed by atoms with E-state index in [4.69, 9.17) is 0 Å². The van der Waals surface area contributed by atoms with Gasteiger partial charge >= 0.3 is 0 Å². The van der Waals surface area contributed by atoms with E-state index in [1.807, 2.05) is 47.2 Å². The van der Waals surface area contributed by atoms with Gasteiger partial charge in [-0.1, -0.05) is 18.2 Å². The van der Waals surface area contributed by atoms with Crippen molar-refractivity contribution in [1.29, 1.82) is 0 Å². The summed E-state index contributed by atoms with van der Waals surface area (Å²) in [6, 6.07) is 9.74. The zero-order chi connectivity index (χ0) is 18.1. The van der Waals surface area contributed by atoms with Gasteiger partial charge in [-0.05, 0) is 62.7 Å². The van der Waals surface area contributed by atoms with Crippen LogP contribution in [0.25, 0.3) is 0 Å². The Morgan fingerprint density at radius 2 is 1.77 bits per heavy atom. The summed E-state index contributed by atoms with van der Waals surface area (Å²) in [5.41, 5.74) is 1.04. The Morgan fingerprint density at radius 3 is 2.42 bits per heavy atom. The molecule has 3 aliphatic rings. The topological polar surface area (TPSA) is 52.7 Å². The van der Waals surface area contributed by atoms with E-state index in [9.17, 15) is 9.59 Å². The van der Waals surface area contributed by atoms with E-state index < -0.39 is 0 Å². The maximum atomic E-state index is 12.9. The van der Waals surface area contributed by atoms with Crippen molar-refractivity contribution in [2.45, 2.75) is 38.1 Å². The lowest BCUT2D eigenvalue weighted by atomic mass is 9.91. The van der Waals surface area contributed by atoms with E-state index in [1.165, 1.54) is 0 Å². The van der Waals surface area contributed by atoms with Crippen molar-refractivity contribution in [2.75, 3.05) is 33.2 Å². The summed E-state index contributed by atoms with van der Waals surface area (Å²) in [6.45, 7) is 3.56. The van der Waals surface area contributed by atoms with Crippen molar-refractivity contribution in [3.63, 3.8) is 0 Å². The molecule has 1 atom stereocenters. The van der Waals surface area contributed by atoms with Gasteiger partial charge in [0.25, 0.3) is 5.91 Å². The number of nitrogens with zero attached hydrogens (tertiary/aromatic N) is 2. The van der Waals surface area contributed by atoms with Crippen LogP contribution in [0.5, 0.6) is 0 Å². The van der Waals surface area contributed by atoms with Crippen LogP contribution in [0.15, 0.2) is 30.3 Å². The highest BCUT2D eigenvalue weighted by Crippen LogP contribution is 2.59. The largest absolute Gasteiger partial charge is 0.342 e. The van der Waals surface area contributed by atoms with Crippen LogP contribution in [0.2, 0.25) is 0 Å². The van der Waals surface area contributed by atoms with Gasteiger partial charge in [0.2, 0.25) is 5.91 Å². The molecule has 5 heteroatoms. The van der Waals surface area contributed by atoms with E-state index in [2.05, 4.69) is 5.32 Å². The second kappa shape index (κ2) is 7.03. The fraction of sp³-hybridized carbons (Fsp3) is 0.619. The fourth-order valence-electron chi connectivity index (χ4n) is 4.82. The van der Waals surface area contributed by atoms with Gasteiger partial charge in [-0.25, -0.2) is 0 Å². The molecule has 5 nitrogen and oxygen atoms in total. The van der Waals surface area contributed by atoms with E-state index in [1.54, 1.807) is 0 Å². The molecule has 1 spiro atoms. The molecule has 2 saturated heterocycles. The summed E-state index contributed by atoms with van der Waals surface area (Å²) < 4.78 is 0. The molecule has 26 heavy (non-hydrogen) atoms. The predicted molar refractivity (Wildman–Crippen MR) is 101 cm³/mol. The van der Waals surface area contributed by atoms with Gasteiger partial charge in [-0.15, -0.1) is 0 Å². The smallest absolute Gasteiger partial charge is 0.253 e. The second-order valence-corrected chi connectivity index (χ2v) is 8.21. The summed E-state index contributed by atoms with van der Waals surface area (Å²) in [5.74, 6) is 0.673. The summed E-state index contributed by atoms with van der Waals surface area (Å²) in [5, 5.41) is 3.40. The molecule has 140 valence electrons. The van der Waals surface area contributed by atoms with E-state index >= 15 is 0 Å². The van der Waals surface area contributed by atoms with Crippen molar-refractivity contribution in [1.82, 2.24) is 15.1 Å². The third-order valence-electron chi connectivity index (χ3n) is 6.75. The van der Waals surface area contributed by atoms with Crippen LogP contribution >= 0.6 is 0 Å². The van der Waals surface area contributed by atoms with Gasteiger partial charge in [0.15, 0.2) is 0 Å². The Kier molecular flexibility index (Phi) is 4.74. The van der Waals surface area contributed by atoms with Crippen molar-refractivity contribution < 1.29 is 9.59 Å². The highest BCUT2D eigenvalue weighted by molar-refractivity contribution is 5.94. The van der Waals surface area contributed by atoms with Crippen LogP contribution < -0.4 is 5.32 Å². The third-order valence-corrected chi connectivity index (χ3v) is 6.75. The predicted octanol–water partition coefficient (Wildman–Crippen LogP) is 2.14. The van der Waals surface area contributed by atoms with E-state index in [0.717, 1.165) is 63.8 Å². The zero-order valence-corrected chi connectivity index (χ0v) is 15.6. The van der Waals surface area contributed by atoms with Gasteiger partial charge in [0, 0.05) is 37.7 Å². The van der Waals surface area contributed by atoms with Crippen molar-refractivity contribution in [3.05, 3.63) is 35.9 Å². The summed E-state index contributed by atoms with van der Waals surface area (Å²) in [4.78, 5) is 29.4. The molecule has 2 heterocycles. The molecule has 0 radical (unpaired) electrons. The maximum Gasteiger partial charge on any atom is 0.253 e. The molecule has 0 bridgehead atoms. The van der Waals surface area contributed by atoms with Crippen LogP contribution in [0.1, 0.15) is 42.5 Å². The van der Waals surface area contributed by atoms with Gasteiger partial charge in [-0.2, -0.15) is 0 Å². The van der Waals surface area contributed by atoms with Gasteiger partial charge < -0.3 is 15.1 Å². The number of carbonyl (C=O) groups is 2. The third kappa shape index (κ3) is 3.25. The second-order valence-electron chi connectivity index (χ2n) is 8.21. The lowest BCUT2D eigenvalue weighted by Crippen LogP contribution is -2.48. The van der Waals surface area contributed by atoms with E-state index in [-0.39, 0.29) is 17.9 Å². The Bertz CT molecular complexity index is 661. The summed E-state index contributed by atoms with van der Waals surface area (Å²) >= 11 is 0. The van der Waals surface area contributed by atoms with E-state index in [0.29, 0.717) is 11.3 Å². The van der Waals surface area contributed by atoms with Gasteiger partial charge in [-0.3, -0.25) is 9.59 Å². The zero-order valence-electron chi connectivity index (χ0n) is 15.6. The number of piperidine rings is 2. The first kappa shape index (κ1) is 17.5. The van der Waals surface area contributed by atoms with Crippen LogP contribution in [0.3, 0.4) is 0 Å². The minimum atomic E-state index is 0.105. The molecule has 3 fully saturated rings. The Balaban J connectivity index is 1.30.